The Balaban J connectivity index is 3.69. The van der Waals surface area contributed by atoms with Crippen LogP contribution in [0, 0.1) is 5.92 Å². The molecular formula is C14H25NO4. The maximum atomic E-state index is 11.4. The molecule has 19 heavy (non-hydrogen) atoms. The molecule has 0 rings (SSSR count). The van der Waals surface area contributed by atoms with E-state index in [9.17, 15) is 9.59 Å². The first-order valence-electron chi connectivity index (χ1n) is 6.60. The van der Waals surface area contributed by atoms with E-state index in [0.717, 1.165) is 12.8 Å². The second-order valence-corrected chi connectivity index (χ2v) is 5.06. The van der Waals surface area contributed by atoms with Crippen molar-refractivity contribution in [3.05, 3.63) is 12.2 Å². The lowest BCUT2D eigenvalue weighted by atomic mass is 10.1. The van der Waals surface area contributed by atoms with Crippen LogP contribution in [0.25, 0.3) is 0 Å². The Bertz CT molecular complexity index is 313. The van der Waals surface area contributed by atoms with Gasteiger partial charge in [-0.2, -0.15) is 0 Å². The van der Waals surface area contributed by atoms with Gasteiger partial charge in [0.05, 0.1) is 0 Å². The number of nitrogens with one attached hydrogen (secondary N) is 1. The molecule has 0 aromatic rings. The van der Waals surface area contributed by atoms with Crippen LogP contribution in [0.1, 0.15) is 40.5 Å². The number of carbonyl (C=O) groups excluding carboxylic acids is 2. The molecule has 0 saturated carbocycles. The molecule has 110 valence electrons. The first-order chi connectivity index (χ1) is 8.82. The zero-order valence-electron chi connectivity index (χ0n) is 12.3. The fourth-order valence-electron chi connectivity index (χ4n) is 1.28. The van der Waals surface area contributed by atoms with E-state index in [1.165, 1.54) is 0 Å². The monoisotopic (exact) mass is 271 g/mol. The normalized spacial score (nSPS) is 11.8. The molecule has 5 nitrogen and oxygen atoms in total. The van der Waals surface area contributed by atoms with Gasteiger partial charge in [0.25, 0.3) is 0 Å². The molecule has 0 fully saturated rings. The highest BCUT2D eigenvalue weighted by atomic mass is 16.6. The molecule has 1 N–H and O–H groups in total. The van der Waals surface area contributed by atoms with Crippen LogP contribution < -0.4 is 5.32 Å². The lowest BCUT2D eigenvalue weighted by Crippen LogP contribution is -2.31. The Morgan fingerprint density at radius 1 is 1.26 bits per heavy atom. The second-order valence-electron chi connectivity index (χ2n) is 5.06. The number of rotatable bonds is 8. The molecule has 0 bridgehead atoms. The third-order valence-electron chi connectivity index (χ3n) is 2.33. The molecular weight excluding hydrogens is 246 g/mol. The highest BCUT2D eigenvalue weighted by molar-refractivity contribution is 5.86. The van der Waals surface area contributed by atoms with Crippen molar-refractivity contribution in [1.29, 1.82) is 0 Å². The van der Waals surface area contributed by atoms with Crippen molar-refractivity contribution in [2.45, 2.75) is 46.6 Å². The van der Waals surface area contributed by atoms with Gasteiger partial charge in [0.15, 0.2) is 0 Å². The van der Waals surface area contributed by atoms with Gasteiger partial charge in [-0.05, 0) is 32.6 Å². The predicted molar refractivity (Wildman–Crippen MR) is 73.8 cm³/mol. The molecule has 0 aliphatic carbocycles. The van der Waals surface area contributed by atoms with E-state index >= 15 is 0 Å². The Morgan fingerprint density at radius 2 is 1.89 bits per heavy atom. The summed E-state index contributed by atoms with van der Waals surface area (Å²) >= 11 is 0. The molecule has 0 aliphatic rings. The minimum absolute atomic E-state index is 0.0328. The number of hydrogen-bond acceptors (Lipinski definition) is 4. The van der Waals surface area contributed by atoms with Gasteiger partial charge in [0.2, 0.25) is 0 Å². The van der Waals surface area contributed by atoms with Crippen molar-refractivity contribution >= 4 is 12.1 Å². The van der Waals surface area contributed by atoms with E-state index in [1.54, 1.807) is 13.8 Å². The lowest BCUT2D eigenvalue weighted by molar-refractivity contribution is -0.141. The summed E-state index contributed by atoms with van der Waals surface area (Å²) < 4.78 is 9.91. The molecule has 0 aromatic heterocycles. The van der Waals surface area contributed by atoms with Gasteiger partial charge < -0.3 is 14.8 Å². The van der Waals surface area contributed by atoms with E-state index < -0.39 is 18.2 Å². The van der Waals surface area contributed by atoms with Gasteiger partial charge in [-0.15, -0.1) is 0 Å². The average molecular weight is 271 g/mol. The van der Waals surface area contributed by atoms with Crippen LogP contribution in [0.5, 0.6) is 0 Å². The quantitative estimate of drug-likeness (QED) is 0.419. The second kappa shape index (κ2) is 9.42. The topological polar surface area (TPSA) is 64.6 Å². The Morgan fingerprint density at radius 3 is 2.42 bits per heavy atom. The number of ether oxygens (including phenoxy) is 2. The van der Waals surface area contributed by atoms with Crippen LogP contribution in [-0.4, -0.2) is 31.3 Å². The van der Waals surface area contributed by atoms with Gasteiger partial charge >= 0.3 is 12.1 Å². The van der Waals surface area contributed by atoms with Crippen LogP contribution in [0.3, 0.4) is 0 Å². The highest BCUT2D eigenvalue weighted by Crippen LogP contribution is 2.02. The molecule has 1 amide bonds. The molecule has 1 unspecified atom stereocenters. The third kappa shape index (κ3) is 10.1. The summed E-state index contributed by atoms with van der Waals surface area (Å²) in [4.78, 5) is 22.5. The Hall–Kier alpha value is -1.52. The largest absolute Gasteiger partial charge is 0.458 e. The smallest absolute Gasteiger partial charge is 0.407 e. The van der Waals surface area contributed by atoms with Crippen molar-refractivity contribution < 1.29 is 19.1 Å². The molecule has 0 radical (unpaired) electrons. The van der Waals surface area contributed by atoms with Crippen LogP contribution >= 0.6 is 0 Å². The molecule has 5 heteroatoms. The fraction of sp³-hybridized carbons (Fsp3) is 0.714. The lowest BCUT2D eigenvalue weighted by Gasteiger charge is -2.14. The highest BCUT2D eigenvalue weighted by Gasteiger charge is 2.12. The molecule has 0 aliphatic heterocycles. The summed E-state index contributed by atoms with van der Waals surface area (Å²) in [5, 5.41) is 2.66. The van der Waals surface area contributed by atoms with E-state index in [2.05, 4.69) is 25.7 Å². The van der Waals surface area contributed by atoms with E-state index in [4.69, 9.17) is 9.47 Å². The van der Waals surface area contributed by atoms with E-state index in [1.807, 2.05) is 0 Å². The average Bonchev–Trinajstić information content (AvgIpc) is 2.31. The van der Waals surface area contributed by atoms with E-state index in [-0.39, 0.29) is 6.61 Å². The Kier molecular flexibility index (Phi) is 8.66. The first kappa shape index (κ1) is 17.5. The van der Waals surface area contributed by atoms with Crippen LogP contribution in [0.15, 0.2) is 12.2 Å². The summed E-state index contributed by atoms with van der Waals surface area (Å²) in [5.41, 5.74) is 0.324. The first-order valence-corrected chi connectivity index (χ1v) is 6.60. The van der Waals surface area contributed by atoms with Crippen molar-refractivity contribution in [2.75, 3.05) is 13.2 Å². The zero-order chi connectivity index (χ0) is 14.8. The van der Waals surface area contributed by atoms with Crippen LogP contribution in [0.4, 0.5) is 4.79 Å². The molecule has 0 saturated heterocycles. The molecule has 0 spiro atoms. The standard InChI is InChI=1S/C14H25NO4/c1-10(2)7-6-8-15-14(17)19-12(5)9-18-13(16)11(3)4/h10,12H,3,6-9H2,1-2,4-5H3,(H,15,17). The van der Waals surface area contributed by atoms with Gasteiger partial charge in [0, 0.05) is 12.1 Å². The summed E-state index contributed by atoms with van der Waals surface area (Å²) in [6.07, 6.45) is 1.02. The Labute approximate surface area is 115 Å². The summed E-state index contributed by atoms with van der Waals surface area (Å²) in [6.45, 7) is 11.6. The maximum Gasteiger partial charge on any atom is 0.407 e. The maximum absolute atomic E-state index is 11.4. The predicted octanol–water partition coefficient (Wildman–Crippen LogP) is 2.66. The number of amides is 1. The SMILES string of the molecule is C=C(C)C(=O)OCC(C)OC(=O)NCCCC(C)C. The van der Waals surface area contributed by atoms with Gasteiger partial charge in [-0.25, -0.2) is 9.59 Å². The summed E-state index contributed by atoms with van der Waals surface area (Å²) in [7, 11) is 0. The van der Waals surface area contributed by atoms with Gasteiger partial charge in [0.1, 0.15) is 12.7 Å². The minimum atomic E-state index is -0.484. The molecule has 1 atom stereocenters. The molecule has 0 aromatic carbocycles. The third-order valence-corrected chi connectivity index (χ3v) is 2.33. The molecule has 0 heterocycles. The summed E-state index contributed by atoms with van der Waals surface area (Å²) in [6, 6.07) is 0. The summed E-state index contributed by atoms with van der Waals surface area (Å²) in [5.74, 6) is 0.145. The van der Waals surface area contributed by atoms with Crippen molar-refractivity contribution in [2.24, 2.45) is 5.92 Å². The van der Waals surface area contributed by atoms with Crippen molar-refractivity contribution in [1.82, 2.24) is 5.32 Å². The van der Waals surface area contributed by atoms with Gasteiger partial charge in [-0.3, -0.25) is 0 Å². The number of esters is 1. The number of hydrogen-bond donors (Lipinski definition) is 1. The number of alkyl carbamates (subject to hydrolysis) is 1. The van der Waals surface area contributed by atoms with E-state index in [0.29, 0.717) is 18.0 Å². The van der Waals surface area contributed by atoms with Gasteiger partial charge in [-0.1, -0.05) is 20.4 Å². The zero-order valence-corrected chi connectivity index (χ0v) is 12.3. The minimum Gasteiger partial charge on any atom is -0.458 e. The van der Waals surface area contributed by atoms with Crippen molar-refractivity contribution in [3.63, 3.8) is 0 Å². The van der Waals surface area contributed by atoms with Crippen LogP contribution in [-0.2, 0) is 14.3 Å². The van der Waals surface area contributed by atoms with Crippen LogP contribution in [0.2, 0.25) is 0 Å². The number of carbonyl (C=O) groups is 2. The van der Waals surface area contributed by atoms with Crippen molar-refractivity contribution in [3.8, 4) is 0 Å². The fourth-order valence-corrected chi connectivity index (χ4v) is 1.28.